The van der Waals surface area contributed by atoms with Crippen molar-refractivity contribution in [1.82, 2.24) is 0 Å². The third-order valence-corrected chi connectivity index (χ3v) is 3.33. The Morgan fingerprint density at radius 3 is 2.40 bits per heavy atom. The van der Waals surface area contributed by atoms with E-state index < -0.39 is 34.5 Å². The zero-order chi connectivity index (χ0) is 15.5. The van der Waals surface area contributed by atoms with Crippen molar-refractivity contribution in [2.75, 3.05) is 18.3 Å². The van der Waals surface area contributed by atoms with Gasteiger partial charge in [0.05, 0.1) is 23.8 Å². The summed E-state index contributed by atoms with van der Waals surface area (Å²) < 4.78 is 31.4. The van der Waals surface area contributed by atoms with E-state index in [4.69, 9.17) is 11.6 Å². The van der Waals surface area contributed by atoms with E-state index in [0.29, 0.717) is 6.07 Å². The molecule has 7 heteroatoms. The quantitative estimate of drug-likeness (QED) is 0.687. The fraction of sp³-hybridized carbons (Fsp3) is 0.385. The van der Waals surface area contributed by atoms with Crippen molar-refractivity contribution in [3.05, 3.63) is 29.3 Å². The molecule has 0 aromatic heterocycles. The summed E-state index contributed by atoms with van der Waals surface area (Å²) in [6.07, 6.45) is 0. The largest absolute Gasteiger partial charge is 0.465 e. The summed E-state index contributed by atoms with van der Waals surface area (Å²) in [6.45, 7) is 3.13. The Morgan fingerprint density at radius 1 is 1.30 bits per heavy atom. The van der Waals surface area contributed by atoms with Crippen molar-refractivity contribution < 1.29 is 23.1 Å². The van der Waals surface area contributed by atoms with Crippen LogP contribution in [0.1, 0.15) is 24.2 Å². The first kappa shape index (κ1) is 16.4. The molecule has 20 heavy (non-hydrogen) atoms. The first-order valence-electron chi connectivity index (χ1n) is 5.67. The van der Waals surface area contributed by atoms with Gasteiger partial charge in [0.25, 0.3) is 0 Å². The molecule has 1 aromatic rings. The van der Waals surface area contributed by atoms with E-state index in [2.05, 4.69) is 10.1 Å². The number of nitrogens with one attached hydrogen (secondary N) is 1. The normalized spacial score (nSPS) is 11.1. The number of carbonyl (C=O) groups is 2. The lowest BCUT2D eigenvalue weighted by Gasteiger charge is -2.20. The van der Waals surface area contributed by atoms with Gasteiger partial charge in [-0.2, -0.15) is 0 Å². The summed E-state index contributed by atoms with van der Waals surface area (Å²) in [5.74, 6) is -3.55. The molecule has 1 N–H and O–H groups in total. The molecule has 0 saturated heterocycles. The second-order valence-electron chi connectivity index (χ2n) is 4.78. The monoisotopic (exact) mass is 305 g/mol. The number of alkyl halides is 1. The van der Waals surface area contributed by atoms with Crippen LogP contribution in [-0.4, -0.2) is 24.9 Å². The Bertz CT molecular complexity index is 547. The molecular weight excluding hydrogens is 292 g/mol. The maximum absolute atomic E-state index is 13.6. The Kier molecular flexibility index (Phi) is 5.05. The molecule has 0 spiro atoms. The number of esters is 1. The van der Waals surface area contributed by atoms with Crippen molar-refractivity contribution in [3.63, 3.8) is 0 Å². The Morgan fingerprint density at radius 2 is 1.90 bits per heavy atom. The van der Waals surface area contributed by atoms with Crippen LogP contribution in [0.15, 0.2) is 12.1 Å². The van der Waals surface area contributed by atoms with Crippen molar-refractivity contribution in [1.29, 1.82) is 0 Å². The number of ether oxygens (including phenoxy) is 1. The highest BCUT2D eigenvalue weighted by molar-refractivity contribution is 6.20. The molecule has 1 amide bonds. The molecule has 0 aliphatic heterocycles. The molecule has 1 rings (SSSR count). The average Bonchev–Trinajstić information content (AvgIpc) is 2.40. The molecule has 110 valence electrons. The summed E-state index contributed by atoms with van der Waals surface area (Å²) >= 11 is 5.63. The minimum Gasteiger partial charge on any atom is -0.465 e. The van der Waals surface area contributed by atoms with E-state index in [1.165, 1.54) is 0 Å². The van der Waals surface area contributed by atoms with Crippen molar-refractivity contribution in [2.45, 2.75) is 13.8 Å². The van der Waals surface area contributed by atoms with Crippen LogP contribution in [0.3, 0.4) is 0 Å². The summed E-state index contributed by atoms with van der Waals surface area (Å²) in [6, 6.07) is 1.40. The number of hydrogen-bond acceptors (Lipinski definition) is 3. The van der Waals surface area contributed by atoms with Gasteiger partial charge >= 0.3 is 5.97 Å². The number of hydrogen-bond donors (Lipinski definition) is 1. The standard InChI is InChI=1S/C13H14ClF2NO3/c1-13(2,6-14)12(19)17-10-4-7(11(18)20-3)8(15)5-9(10)16/h4-5H,6H2,1-3H3,(H,17,19). The predicted octanol–water partition coefficient (Wildman–Crippen LogP) is 2.95. The SMILES string of the molecule is COC(=O)c1cc(NC(=O)C(C)(C)CCl)c(F)cc1F. The highest BCUT2D eigenvalue weighted by atomic mass is 35.5. The number of anilines is 1. The maximum atomic E-state index is 13.6. The molecule has 0 aliphatic carbocycles. The molecule has 0 bridgehead atoms. The molecule has 0 fully saturated rings. The number of amides is 1. The molecular formula is C13H14ClF2NO3. The number of halogens is 3. The van der Waals surface area contributed by atoms with Gasteiger partial charge < -0.3 is 10.1 Å². The highest BCUT2D eigenvalue weighted by Gasteiger charge is 2.28. The second kappa shape index (κ2) is 6.17. The fourth-order valence-electron chi connectivity index (χ4n) is 1.26. The number of rotatable bonds is 4. The second-order valence-corrected chi connectivity index (χ2v) is 5.04. The molecule has 0 saturated carbocycles. The van der Waals surface area contributed by atoms with Crippen LogP contribution < -0.4 is 5.32 Å². The van der Waals surface area contributed by atoms with Crippen LogP contribution in [0.5, 0.6) is 0 Å². The van der Waals surface area contributed by atoms with Gasteiger partial charge in [0.15, 0.2) is 0 Å². The van der Waals surface area contributed by atoms with Crippen LogP contribution in [0.4, 0.5) is 14.5 Å². The van der Waals surface area contributed by atoms with Crippen molar-refractivity contribution in [2.24, 2.45) is 5.41 Å². The zero-order valence-corrected chi connectivity index (χ0v) is 12.0. The minimum absolute atomic E-state index is 0.0194. The molecule has 0 radical (unpaired) electrons. The Labute approximate surface area is 120 Å². The van der Waals surface area contributed by atoms with Gasteiger partial charge in [-0.3, -0.25) is 4.79 Å². The average molecular weight is 306 g/mol. The molecule has 4 nitrogen and oxygen atoms in total. The highest BCUT2D eigenvalue weighted by Crippen LogP contribution is 2.24. The van der Waals surface area contributed by atoms with Gasteiger partial charge in [-0.15, -0.1) is 11.6 Å². The number of carbonyl (C=O) groups excluding carboxylic acids is 2. The number of benzene rings is 1. The van der Waals surface area contributed by atoms with Crippen LogP contribution in [0, 0.1) is 17.0 Å². The van der Waals surface area contributed by atoms with Gasteiger partial charge in [0.2, 0.25) is 5.91 Å². The summed E-state index contributed by atoms with van der Waals surface area (Å²) in [4.78, 5) is 23.2. The first-order valence-corrected chi connectivity index (χ1v) is 6.21. The lowest BCUT2D eigenvalue weighted by atomic mass is 9.95. The topological polar surface area (TPSA) is 55.4 Å². The first-order chi connectivity index (χ1) is 9.22. The van der Waals surface area contributed by atoms with Gasteiger partial charge in [0, 0.05) is 11.9 Å². The molecule has 1 aromatic carbocycles. The molecule has 0 aliphatic rings. The van der Waals surface area contributed by atoms with Crippen LogP contribution in [0.25, 0.3) is 0 Å². The van der Waals surface area contributed by atoms with E-state index in [1.807, 2.05) is 0 Å². The van der Waals surface area contributed by atoms with E-state index >= 15 is 0 Å². The van der Waals surface area contributed by atoms with Crippen LogP contribution in [-0.2, 0) is 9.53 Å². The summed E-state index contributed by atoms with van der Waals surface area (Å²) in [5, 5.41) is 2.28. The van der Waals surface area contributed by atoms with E-state index in [1.54, 1.807) is 13.8 Å². The third kappa shape index (κ3) is 3.45. The smallest absolute Gasteiger partial charge is 0.340 e. The predicted molar refractivity (Wildman–Crippen MR) is 70.8 cm³/mol. The van der Waals surface area contributed by atoms with E-state index in [9.17, 15) is 18.4 Å². The molecule has 0 unspecified atom stereocenters. The lowest BCUT2D eigenvalue weighted by Crippen LogP contribution is -2.32. The lowest BCUT2D eigenvalue weighted by molar-refractivity contribution is -0.123. The number of methoxy groups -OCH3 is 1. The van der Waals surface area contributed by atoms with Gasteiger partial charge in [-0.05, 0) is 19.9 Å². The Hall–Kier alpha value is -1.69. The maximum Gasteiger partial charge on any atom is 0.340 e. The van der Waals surface area contributed by atoms with Crippen molar-refractivity contribution >= 4 is 29.2 Å². The fourth-order valence-corrected chi connectivity index (χ4v) is 1.38. The van der Waals surface area contributed by atoms with Gasteiger partial charge in [0.1, 0.15) is 11.6 Å². The van der Waals surface area contributed by atoms with E-state index in [0.717, 1.165) is 13.2 Å². The van der Waals surface area contributed by atoms with Gasteiger partial charge in [-0.25, -0.2) is 13.6 Å². The van der Waals surface area contributed by atoms with Crippen LogP contribution >= 0.6 is 11.6 Å². The molecule has 0 heterocycles. The summed E-state index contributed by atoms with van der Waals surface area (Å²) in [5.41, 5.74) is -1.71. The van der Waals surface area contributed by atoms with Crippen LogP contribution in [0.2, 0.25) is 0 Å². The Balaban J connectivity index is 3.13. The third-order valence-electron chi connectivity index (χ3n) is 2.66. The summed E-state index contributed by atoms with van der Waals surface area (Å²) in [7, 11) is 1.07. The van der Waals surface area contributed by atoms with E-state index in [-0.39, 0.29) is 11.6 Å². The van der Waals surface area contributed by atoms with Gasteiger partial charge in [-0.1, -0.05) is 0 Å². The van der Waals surface area contributed by atoms with Crippen molar-refractivity contribution in [3.8, 4) is 0 Å². The minimum atomic E-state index is -1.07. The zero-order valence-electron chi connectivity index (χ0n) is 11.2. The molecule has 0 atom stereocenters.